The van der Waals surface area contributed by atoms with Crippen molar-refractivity contribution in [1.82, 2.24) is 15.0 Å². The Morgan fingerprint density at radius 2 is 1.82 bits per heavy atom. The highest BCUT2D eigenvalue weighted by Crippen LogP contribution is 2.31. The zero-order chi connectivity index (χ0) is 12.3. The minimum absolute atomic E-state index is 0.0538. The summed E-state index contributed by atoms with van der Waals surface area (Å²) in [6, 6.07) is 0.247. The molecule has 0 saturated heterocycles. The first-order valence-electron chi connectivity index (χ1n) is 5.70. The van der Waals surface area contributed by atoms with Gasteiger partial charge in [0.15, 0.2) is 0 Å². The minimum Gasteiger partial charge on any atom is -0.467 e. The Morgan fingerprint density at radius 1 is 1.18 bits per heavy atom. The van der Waals surface area contributed by atoms with Gasteiger partial charge in [-0.1, -0.05) is 12.8 Å². The third-order valence-corrected chi connectivity index (χ3v) is 3.05. The van der Waals surface area contributed by atoms with E-state index in [1.54, 1.807) is 0 Å². The number of nitrogen functional groups attached to an aromatic ring is 1. The van der Waals surface area contributed by atoms with Crippen LogP contribution in [-0.2, 0) is 0 Å². The Bertz CT molecular complexity index is 368. The predicted molar refractivity (Wildman–Crippen MR) is 64.7 cm³/mol. The van der Waals surface area contributed by atoms with E-state index in [9.17, 15) is 0 Å². The molecule has 0 atom stereocenters. The summed E-state index contributed by atoms with van der Waals surface area (Å²) in [6.07, 6.45) is 4.69. The van der Waals surface area contributed by atoms with Crippen LogP contribution in [-0.4, -0.2) is 27.6 Å². The van der Waals surface area contributed by atoms with Crippen molar-refractivity contribution in [2.45, 2.75) is 38.1 Å². The van der Waals surface area contributed by atoms with Gasteiger partial charge in [0.05, 0.1) is 7.11 Å². The summed E-state index contributed by atoms with van der Waals surface area (Å²) >= 11 is 0. The molecule has 0 aromatic carbocycles. The number of hydrogen-bond acceptors (Lipinski definition) is 7. The van der Waals surface area contributed by atoms with Crippen LogP contribution < -0.4 is 21.3 Å². The quantitative estimate of drug-likeness (QED) is 0.529. The SMILES string of the molecule is COc1nc(NN)nc(NC2(C)CCCC2)n1. The standard InChI is InChI=1S/C10H18N6O/c1-10(5-3-4-6-10)15-7-12-8(16-11)14-9(13-7)17-2/h3-6,11H2,1-2H3,(H2,12,13,14,15,16). The number of methoxy groups -OCH3 is 1. The molecule has 0 bridgehead atoms. The number of ether oxygens (including phenoxy) is 1. The third-order valence-electron chi connectivity index (χ3n) is 3.05. The number of nitrogens with zero attached hydrogens (tertiary/aromatic N) is 3. The molecule has 1 aliphatic carbocycles. The van der Waals surface area contributed by atoms with Crippen molar-refractivity contribution in [3.63, 3.8) is 0 Å². The summed E-state index contributed by atoms with van der Waals surface area (Å²) in [6.45, 7) is 2.17. The summed E-state index contributed by atoms with van der Waals surface area (Å²) in [5.41, 5.74) is 2.45. The van der Waals surface area contributed by atoms with E-state index in [0.29, 0.717) is 11.9 Å². The lowest BCUT2D eigenvalue weighted by Gasteiger charge is -2.25. The first kappa shape index (κ1) is 11.8. The second kappa shape index (κ2) is 4.70. The molecule has 7 heteroatoms. The third kappa shape index (κ3) is 2.73. The highest BCUT2D eigenvalue weighted by Gasteiger charge is 2.29. The summed E-state index contributed by atoms with van der Waals surface area (Å²) in [4.78, 5) is 12.3. The molecule has 0 unspecified atom stereocenters. The largest absolute Gasteiger partial charge is 0.467 e. The fourth-order valence-corrected chi connectivity index (χ4v) is 2.12. The van der Waals surface area contributed by atoms with Gasteiger partial charge in [0, 0.05) is 5.54 Å². The summed E-state index contributed by atoms with van der Waals surface area (Å²) in [5, 5.41) is 3.33. The second-order valence-corrected chi connectivity index (χ2v) is 4.51. The van der Waals surface area contributed by atoms with Gasteiger partial charge in [0.25, 0.3) is 0 Å². The predicted octanol–water partition coefficient (Wildman–Crippen LogP) is 0.910. The van der Waals surface area contributed by atoms with Crippen molar-refractivity contribution in [2.75, 3.05) is 17.9 Å². The summed E-state index contributed by atoms with van der Waals surface area (Å²) in [5.74, 6) is 6.08. The molecule has 1 heterocycles. The van der Waals surface area contributed by atoms with E-state index in [4.69, 9.17) is 10.6 Å². The molecule has 1 aliphatic rings. The molecule has 2 rings (SSSR count). The van der Waals surface area contributed by atoms with E-state index in [0.717, 1.165) is 12.8 Å². The molecule has 0 spiro atoms. The Labute approximate surface area is 100 Å². The number of anilines is 2. The number of aromatic nitrogens is 3. The topological polar surface area (TPSA) is 98.0 Å². The average Bonchev–Trinajstić information content (AvgIpc) is 2.75. The van der Waals surface area contributed by atoms with Crippen LogP contribution in [0.2, 0.25) is 0 Å². The fourth-order valence-electron chi connectivity index (χ4n) is 2.12. The molecular formula is C10H18N6O. The maximum absolute atomic E-state index is 5.30. The monoisotopic (exact) mass is 238 g/mol. The maximum atomic E-state index is 5.30. The van der Waals surface area contributed by atoms with Crippen LogP contribution in [0.1, 0.15) is 32.6 Å². The van der Waals surface area contributed by atoms with Gasteiger partial charge >= 0.3 is 6.01 Å². The maximum Gasteiger partial charge on any atom is 0.322 e. The van der Waals surface area contributed by atoms with Crippen LogP contribution in [0, 0.1) is 0 Å². The molecule has 1 saturated carbocycles. The fraction of sp³-hybridized carbons (Fsp3) is 0.700. The van der Waals surface area contributed by atoms with Crippen molar-refractivity contribution in [2.24, 2.45) is 5.84 Å². The van der Waals surface area contributed by atoms with E-state index in [2.05, 4.69) is 32.6 Å². The van der Waals surface area contributed by atoms with Crippen molar-refractivity contribution in [3.8, 4) is 6.01 Å². The van der Waals surface area contributed by atoms with E-state index < -0.39 is 0 Å². The first-order valence-corrected chi connectivity index (χ1v) is 5.70. The van der Waals surface area contributed by atoms with Gasteiger partial charge in [-0.2, -0.15) is 15.0 Å². The highest BCUT2D eigenvalue weighted by molar-refractivity contribution is 5.37. The van der Waals surface area contributed by atoms with Gasteiger partial charge < -0.3 is 10.1 Å². The Kier molecular flexibility index (Phi) is 3.28. The van der Waals surface area contributed by atoms with E-state index >= 15 is 0 Å². The van der Waals surface area contributed by atoms with E-state index in [-0.39, 0.29) is 11.5 Å². The zero-order valence-electron chi connectivity index (χ0n) is 10.2. The average molecular weight is 238 g/mol. The van der Waals surface area contributed by atoms with Crippen LogP contribution >= 0.6 is 0 Å². The van der Waals surface area contributed by atoms with Gasteiger partial charge in [-0.15, -0.1) is 0 Å². The van der Waals surface area contributed by atoms with Crippen molar-refractivity contribution < 1.29 is 4.74 Å². The molecule has 1 fully saturated rings. The van der Waals surface area contributed by atoms with Gasteiger partial charge in [0.2, 0.25) is 11.9 Å². The smallest absolute Gasteiger partial charge is 0.322 e. The van der Waals surface area contributed by atoms with Crippen LogP contribution in [0.3, 0.4) is 0 Å². The van der Waals surface area contributed by atoms with E-state index in [1.165, 1.54) is 20.0 Å². The van der Waals surface area contributed by atoms with Gasteiger partial charge in [-0.05, 0) is 19.8 Å². The van der Waals surface area contributed by atoms with Gasteiger partial charge in [-0.3, -0.25) is 5.43 Å². The van der Waals surface area contributed by atoms with Crippen LogP contribution in [0.5, 0.6) is 6.01 Å². The number of rotatable bonds is 4. The molecule has 17 heavy (non-hydrogen) atoms. The molecule has 7 nitrogen and oxygen atoms in total. The summed E-state index contributed by atoms with van der Waals surface area (Å²) in [7, 11) is 1.51. The van der Waals surface area contributed by atoms with Crippen LogP contribution in [0.25, 0.3) is 0 Å². The lowest BCUT2D eigenvalue weighted by molar-refractivity contribution is 0.378. The Hall–Kier alpha value is -1.63. The van der Waals surface area contributed by atoms with Crippen molar-refractivity contribution in [3.05, 3.63) is 0 Å². The minimum atomic E-state index is 0.0538. The lowest BCUT2D eigenvalue weighted by atomic mass is 10.0. The van der Waals surface area contributed by atoms with E-state index in [1.807, 2.05) is 0 Å². The summed E-state index contributed by atoms with van der Waals surface area (Å²) < 4.78 is 5.00. The Balaban J connectivity index is 2.19. The van der Waals surface area contributed by atoms with Crippen LogP contribution in [0.15, 0.2) is 0 Å². The highest BCUT2D eigenvalue weighted by atomic mass is 16.5. The second-order valence-electron chi connectivity index (χ2n) is 4.51. The molecule has 0 amide bonds. The molecule has 4 N–H and O–H groups in total. The molecule has 1 aromatic heterocycles. The number of hydrazine groups is 1. The van der Waals surface area contributed by atoms with Crippen molar-refractivity contribution >= 4 is 11.9 Å². The Morgan fingerprint density at radius 3 is 2.41 bits per heavy atom. The normalized spacial score (nSPS) is 17.8. The van der Waals surface area contributed by atoms with Gasteiger partial charge in [0.1, 0.15) is 0 Å². The lowest BCUT2D eigenvalue weighted by Crippen LogP contribution is -2.32. The number of nitrogens with one attached hydrogen (secondary N) is 2. The van der Waals surface area contributed by atoms with Crippen molar-refractivity contribution in [1.29, 1.82) is 0 Å². The molecule has 0 aliphatic heterocycles. The number of nitrogens with two attached hydrogens (primary N) is 1. The molecule has 0 radical (unpaired) electrons. The van der Waals surface area contributed by atoms with Crippen LogP contribution in [0.4, 0.5) is 11.9 Å². The molecule has 94 valence electrons. The molecule has 1 aromatic rings. The first-order chi connectivity index (χ1) is 8.15. The molecular weight excluding hydrogens is 220 g/mol. The number of hydrogen-bond donors (Lipinski definition) is 3. The zero-order valence-corrected chi connectivity index (χ0v) is 10.2. The van der Waals surface area contributed by atoms with Gasteiger partial charge in [-0.25, -0.2) is 5.84 Å².